The quantitative estimate of drug-likeness (QED) is 0.193. The summed E-state index contributed by atoms with van der Waals surface area (Å²) in [6, 6.07) is 4.33. The van der Waals surface area contributed by atoms with E-state index in [1.165, 1.54) is 6.92 Å². The van der Waals surface area contributed by atoms with Crippen LogP contribution in [0.2, 0.25) is 0 Å². The van der Waals surface area contributed by atoms with Gasteiger partial charge in [-0.25, -0.2) is 22.0 Å². The van der Waals surface area contributed by atoms with Crippen LogP contribution in [0, 0.1) is 45.5 Å². The van der Waals surface area contributed by atoms with Gasteiger partial charge in [-0.2, -0.15) is 18.2 Å². The molecule has 1 aliphatic rings. The molecule has 1 aliphatic carbocycles. The predicted octanol–water partition coefficient (Wildman–Crippen LogP) is 5.88. The number of rotatable bonds is 4. The van der Waals surface area contributed by atoms with Gasteiger partial charge >= 0.3 is 6.18 Å². The molecule has 1 saturated carbocycles. The van der Waals surface area contributed by atoms with Gasteiger partial charge in [-0.1, -0.05) is 11.8 Å². The van der Waals surface area contributed by atoms with Crippen molar-refractivity contribution in [2.24, 2.45) is 5.41 Å². The third-order valence-electron chi connectivity index (χ3n) is 5.81. The molecule has 5 nitrogen and oxygen atoms in total. The van der Waals surface area contributed by atoms with Crippen molar-refractivity contribution in [3.05, 3.63) is 59.0 Å². The van der Waals surface area contributed by atoms with E-state index in [1.54, 1.807) is 0 Å². The van der Waals surface area contributed by atoms with Crippen LogP contribution in [0.5, 0.6) is 0 Å². The fourth-order valence-corrected chi connectivity index (χ4v) is 3.85. The smallest absolute Gasteiger partial charge is 0.320 e. The average Bonchev–Trinajstić information content (AvgIpc) is 3.59. The second kappa shape index (κ2) is 9.17. The van der Waals surface area contributed by atoms with Gasteiger partial charge < -0.3 is 4.90 Å². The van der Waals surface area contributed by atoms with Crippen molar-refractivity contribution in [3.63, 3.8) is 0 Å². The third-order valence-corrected chi connectivity index (χ3v) is 5.81. The third kappa shape index (κ3) is 4.87. The highest BCUT2D eigenvalue weighted by molar-refractivity contribution is 5.97. The van der Waals surface area contributed by atoms with E-state index in [4.69, 9.17) is 10.8 Å². The van der Waals surface area contributed by atoms with E-state index in [0.717, 1.165) is 34.9 Å². The fourth-order valence-electron chi connectivity index (χ4n) is 3.85. The summed E-state index contributed by atoms with van der Waals surface area (Å²) in [5.41, 5.74) is -3.80. The van der Waals surface area contributed by atoms with Crippen LogP contribution >= 0.6 is 0 Å². The van der Waals surface area contributed by atoms with Crippen LogP contribution in [-0.2, 0) is 0 Å². The minimum Gasteiger partial charge on any atom is -0.320 e. The van der Waals surface area contributed by atoms with Gasteiger partial charge in [0.25, 0.3) is 6.43 Å². The zero-order valence-electron chi connectivity index (χ0n) is 19.0. The molecule has 0 aliphatic heterocycles. The lowest BCUT2D eigenvalue weighted by Gasteiger charge is -2.26. The van der Waals surface area contributed by atoms with E-state index in [2.05, 4.69) is 16.8 Å². The van der Waals surface area contributed by atoms with Crippen LogP contribution in [0.4, 0.5) is 46.6 Å². The molecule has 0 spiro atoms. The number of alkyl halides is 5. The van der Waals surface area contributed by atoms with Gasteiger partial charge in [0, 0.05) is 11.3 Å². The Kier molecular flexibility index (Phi) is 6.47. The van der Waals surface area contributed by atoms with Gasteiger partial charge in [-0.05, 0) is 50.1 Å². The van der Waals surface area contributed by atoms with Gasteiger partial charge in [0.1, 0.15) is 22.9 Å². The second-order valence-corrected chi connectivity index (χ2v) is 8.46. The topological polar surface area (TPSA) is 68.8 Å². The molecule has 0 radical (unpaired) electrons. The number of halogens is 8. The molecule has 1 fully saturated rings. The van der Waals surface area contributed by atoms with Gasteiger partial charge in [0.05, 0.1) is 17.4 Å². The first kappa shape index (κ1) is 26.1. The van der Waals surface area contributed by atoms with E-state index >= 15 is 0 Å². The van der Waals surface area contributed by atoms with Gasteiger partial charge in [0.15, 0.2) is 11.6 Å². The highest BCUT2D eigenvalue weighted by Crippen LogP contribution is 2.57. The van der Waals surface area contributed by atoms with Crippen molar-refractivity contribution in [2.75, 3.05) is 11.4 Å². The van der Waals surface area contributed by atoms with Crippen molar-refractivity contribution >= 4 is 28.2 Å². The zero-order valence-corrected chi connectivity index (χ0v) is 19.0. The number of fused-ring (bicyclic) bond motifs is 1. The lowest BCUT2D eigenvalue weighted by atomic mass is 10.1. The molecule has 1 heterocycles. The number of nitrogens with zero attached hydrogens (tertiary/aromatic N) is 3. The van der Waals surface area contributed by atoms with E-state index in [0.29, 0.717) is 4.90 Å². The Morgan fingerprint density at radius 3 is 2.41 bits per heavy atom. The Hall–Kier alpha value is -3.95. The molecule has 2 aromatic carbocycles. The first-order valence-corrected chi connectivity index (χ1v) is 10.7. The molecule has 0 saturated heterocycles. The summed E-state index contributed by atoms with van der Waals surface area (Å²) in [5, 5.41) is 15.3. The van der Waals surface area contributed by atoms with Crippen LogP contribution in [0.3, 0.4) is 0 Å². The van der Waals surface area contributed by atoms with Crippen molar-refractivity contribution in [2.45, 2.75) is 32.4 Å². The Labute approximate surface area is 204 Å². The largest absolute Gasteiger partial charge is 0.405 e. The SMILES string of the molecule is CC(=N)n1c(=N)nc(N(CC(F)F)c2cc(F)cc(C#CC3(C(F)(F)F)CC3)c2)c2c(F)c(F)ccc21. The molecule has 1 aromatic heterocycles. The van der Waals surface area contributed by atoms with Crippen LogP contribution < -0.4 is 10.5 Å². The maximum Gasteiger partial charge on any atom is 0.405 e. The van der Waals surface area contributed by atoms with E-state index in [1.807, 2.05) is 0 Å². The minimum atomic E-state index is -4.60. The predicted molar refractivity (Wildman–Crippen MR) is 118 cm³/mol. The molecular formula is C24H17F8N5. The number of hydrogen-bond acceptors (Lipinski definition) is 4. The molecule has 194 valence electrons. The Balaban J connectivity index is 1.95. The van der Waals surface area contributed by atoms with Crippen molar-refractivity contribution in [3.8, 4) is 11.8 Å². The fraction of sp³-hybridized carbons (Fsp3) is 0.292. The monoisotopic (exact) mass is 527 g/mol. The normalized spacial score (nSPS) is 14.4. The van der Waals surface area contributed by atoms with E-state index < -0.39 is 58.8 Å². The van der Waals surface area contributed by atoms with Crippen molar-refractivity contribution in [1.82, 2.24) is 9.55 Å². The van der Waals surface area contributed by atoms with Gasteiger partial charge in [0.2, 0.25) is 5.62 Å². The Morgan fingerprint density at radius 2 is 1.84 bits per heavy atom. The summed E-state index contributed by atoms with van der Waals surface area (Å²) in [7, 11) is 0. The molecule has 0 atom stereocenters. The maximum absolute atomic E-state index is 15.0. The minimum absolute atomic E-state index is 0.230. The Bertz CT molecular complexity index is 1530. The highest BCUT2D eigenvalue weighted by atomic mass is 19.4. The molecule has 4 rings (SSSR count). The summed E-state index contributed by atoms with van der Waals surface area (Å²) in [5.74, 6) is -0.568. The molecule has 0 unspecified atom stereocenters. The highest BCUT2D eigenvalue weighted by Gasteiger charge is 2.62. The molecule has 2 N–H and O–H groups in total. The van der Waals surface area contributed by atoms with E-state index in [-0.39, 0.29) is 35.4 Å². The molecule has 37 heavy (non-hydrogen) atoms. The number of nitrogens with one attached hydrogen (secondary N) is 2. The van der Waals surface area contributed by atoms with Crippen molar-refractivity contribution < 1.29 is 35.1 Å². The molecule has 13 heteroatoms. The standard InChI is InChI=1S/C24H17F8N5/c1-12(33)37-17-3-2-16(26)20(29)19(17)21(35-22(37)34)36(11-18(27)28)15-9-13(8-14(25)10-15)4-5-23(6-7-23)24(30,31)32/h2-3,8-10,18,33-34H,6-7,11H2,1H3. The molecule has 0 amide bonds. The zero-order chi connectivity index (χ0) is 27.3. The van der Waals surface area contributed by atoms with Crippen LogP contribution in [0.15, 0.2) is 30.3 Å². The summed E-state index contributed by atoms with van der Waals surface area (Å²) in [4.78, 5) is 4.44. The molecule has 0 bridgehead atoms. The Morgan fingerprint density at radius 1 is 1.16 bits per heavy atom. The van der Waals surface area contributed by atoms with Crippen LogP contribution in [-0.4, -0.2) is 34.5 Å². The summed E-state index contributed by atoms with van der Waals surface area (Å²) in [6.07, 6.45) is -8.17. The molecular weight excluding hydrogens is 510 g/mol. The number of benzene rings is 2. The van der Waals surface area contributed by atoms with Crippen molar-refractivity contribution in [1.29, 1.82) is 10.8 Å². The average molecular weight is 527 g/mol. The van der Waals surface area contributed by atoms with Gasteiger partial charge in [-0.15, -0.1) is 0 Å². The van der Waals surface area contributed by atoms with E-state index in [9.17, 15) is 35.1 Å². The van der Waals surface area contributed by atoms with Crippen LogP contribution in [0.25, 0.3) is 10.9 Å². The summed E-state index contributed by atoms with van der Waals surface area (Å²) < 4.78 is 111. The number of hydrogen-bond donors (Lipinski definition) is 2. The first-order chi connectivity index (χ1) is 17.2. The molecule has 3 aromatic rings. The lowest BCUT2D eigenvalue weighted by molar-refractivity contribution is -0.168. The summed E-state index contributed by atoms with van der Waals surface area (Å²) >= 11 is 0. The lowest BCUT2D eigenvalue weighted by Crippen LogP contribution is -2.33. The maximum atomic E-state index is 15.0. The van der Waals surface area contributed by atoms with Gasteiger partial charge in [-0.3, -0.25) is 15.4 Å². The second-order valence-electron chi connectivity index (χ2n) is 8.46. The summed E-state index contributed by atoms with van der Waals surface area (Å²) in [6.45, 7) is 0.0238. The van der Waals surface area contributed by atoms with Crippen LogP contribution in [0.1, 0.15) is 25.3 Å². The first-order valence-electron chi connectivity index (χ1n) is 10.7. The number of aromatic nitrogens is 2. The number of anilines is 2.